The van der Waals surface area contributed by atoms with Gasteiger partial charge in [-0.05, 0) is 31.4 Å². The molecule has 72 valence electrons. The van der Waals surface area contributed by atoms with Crippen LogP contribution in [0.15, 0.2) is 12.3 Å². The van der Waals surface area contributed by atoms with Gasteiger partial charge in [0.15, 0.2) is 0 Å². The molecule has 0 spiro atoms. The molecule has 0 aliphatic heterocycles. The Hall–Kier alpha value is -0.870. The van der Waals surface area contributed by atoms with Crippen LogP contribution < -0.4 is 5.32 Å². The number of nitrogens with one attached hydrogen (secondary N) is 2. The summed E-state index contributed by atoms with van der Waals surface area (Å²) in [7, 11) is 0. The number of aromatic amines is 1. The third kappa shape index (κ3) is 2.29. The van der Waals surface area contributed by atoms with Crippen LogP contribution in [0.5, 0.6) is 0 Å². The van der Waals surface area contributed by atoms with Crippen LogP contribution in [-0.2, 0) is 6.54 Å². The van der Waals surface area contributed by atoms with Gasteiger partial charge in [0.05, 0.1) is 6.10 Å². The number of hydrogen-bond donors (Lipinski definition) is 3. The van der Waals surface area contributed by atoms with Crippen molar-refractivity contribution in [3.63, 3.8) is 0 Å². The molecule has 1 heterocycles. The molecule has 1 aliphatic rings. The lowest BCUT2D eigenvalue weighted by molar-refractivity contribution is 0.0429. The van der Waals surface area contributed by atoms with E-state index < -0.39 is 0 Å². The highest BCUT2D eigenvalue weighted by Crippen LogP contribution is 2.26. The summed E-state index contributed by atoms with van der Waals surface area (Å²) >= 11 is 0. The molecular formula is C9H15N3O. The standard InChI is InChI=1S/C9H15N3O/c13-9-3-7(4-9)5-10-6-8-1-2-11-12-8/h1-2,7,9-10,13H,3-6H2,(H,11,12). The van der Waals surface area contributed by atoms with Crippen molar-refractivity contribution >= 4 is 0 Å². The van der Waals surface area contributed by atoms with Gasteiger partial charge in [-0.25, -0.2) is 0 Å². The summed E-state index contributed by atoms with van der Waals surface area (Å²) in [4.78, 5) is 0. The Balaban J connectivity index is 1.59. The molecule has 4 nitrogen and oxygen atoms in total. The van der Waals surface area contributed by atoms with Crippen LogP contribution in [0.3, 0.4) is 0 Å². The zero-order valence-corrected chi connectivity index (χ0v) is 7.53. The van der Waals surface area contributed by atoms with Crippen molar-refractivity contribution < 1.29 is 5.11 Å². The summed E-state index contributed by atoms with van der Waals surface area (Å²) in [5.41, 5.74) is 1.11. The van der Waals surface area contributed by atoms with Crippen LogP contribution in [-0.4, -0.2) is 28.0 Å². The molecule has 1 aromatic heterocycles. The fraction of sp³-hybridized carbons (Fsp3) is 0.667. The summed E-state index contributed by atoms with van der Waals surface area (Å²) in [5.74, 6) is 0.665. The highest BCUT2D eigenvalue weighted by atomic mass is 16.3. The van der Waals surface area contributed by atoms with Crippen molar-refractivity contribution in [1.82, 2.24) is 15.5 Å². The molecule has 1 aromatic rings. The fourth-order valence-corrected chi connectivity index (χ4v) is 1.66. The first-order valence-corrected chi connectivity index (χ1v) is 4.71. The summed E-state index contributed by atoms with van der Waals surface area (Å²) in [6.45, 7) is 1.84. The Morgan fingerprint density at radius 1 is 1.62 bits per heavy atom. The molecule has 4 heteroatoms. The number of hydrogen-bond acceptors (Lipinski definition) is 3. The van der Waals surface area contributed by atoms with Crippen LogP contribution in [0.1, 0.15) is 18.5 Å². The predicted molar refractivity (Wildman–Crippen MR) is 49.0 cm³/mol. The van der Waals surface area contributed by atoms with E-state index in [1.54, 1.807) is 6.20 Å². The van der Waals surface area contributed by atoms with Crippen molar-refractivity contribution in [1.29, 1.82) is 0 Å². The molecule has 1 saturated carbocycles. The van der Waals surface area contributed by atoms with Crippen LogP contribution in [0, 0.1) is 5.92 Å². The molecular weight excluding hydrogens is 166 g/mol. The maximum atomic E-state index is 9.06. The van der Waals surface area contributed by atoms with Crippen molar-refractivity contribution in [3.8, 4) is 0 Å². The van der Waals surface area contributed by atoms with E-state index in [-0.39, 0.29) is 6.10 Å². The maximum absolute atomic E-state index is 9.06. The summed E-state index contributed by atoms with van der Waals surface area (Å²) in [6, 6.07) is 1.96. The lowest BCUT2D eigenvalue weighted by Gasteiger charge is -2.31. The molecule has 1 fully saturated rings. The first-order chi connectivity index (χ1) is 6.34. The summed E-state index contributed by atoms with van der Waals surface area (Å²) < 4.78 is 0. The molecule has 0 unspecified atom stereocenters. The Morgan fingerprint density at radius 3 is 3.08 bits per heavy atom. The number of H-pyrrole nitrogens is 1. The van der Waals surface area contributed by atoms with Gasteiger partial charge in [-0.3, -0.25) is 5.10 Å². The van der Waals surface area contributed by atoms with Crippen LogP contribution in [0.2, 0.25) is 0 Å². The van der Waals surface area contributed by atoms with E-state index in [4.69, 9.17) is 5.11 Å². The molecule has 0 amide bonds. The van der Waals surface area contributed by atoms with Crippen LogP contribution in [0.4, 0.5) is 0 Å². The van der Waals surface area contributed by atoms with Crippen molar-refractivity contribution in [2.45, 2.75) is 25.5 Å². The third-order valence-electron chi connectivity index (χ3n) is 2.52. The molecule has 0 aromatic carbocycles. The molecule has 13 heavy (non-hydrogen) atoms. The topological polar surface area (TPSA) is 60.9 Å². The Kier molecular flexibility index (Phi) is 2.61. The quantitative estimate of drug-likeness (QED) is 0.625. The van der Waals surface area contributed by atoms with Crippen molar-refractivity contribution in [2.75, 3.05) is 6.54 Å². The average Bonchev–Trinajstić information content (AvgIpc) is 2.53. The number of aromatic nitrogens is 2. The van der Waals surface area contributed by atoms with Gasteiger partial charge in [-0.2, -0.15) is 5.10 Å². The summed E-state index contributed by atoms with van der Waals surface area (Å²) in [5, 5.41) is 19.1. The van der Waals surface area contributed by atoms with Crippen molar-refractivity contribution in [3.05, 3.63) is 18.0 Å². The van der Waals surface area contributed by atoms with Gasteiger partial charge in [0, 0.05) is 18.4 Å². The minimum absolute atomic E-state index is 0.0426. The second-order valence-electron chi connectivity index (χ2n) is 3.70. The van der Waals surface area contributed by atoms with Crippen LogP contribution >= 0.6 is 0 Å². The lowest BCUT2D eigenvalue weighted by atomic mass is 9.82. The smallest absolute Gasteiger partial charge is 0.0546 e. The average molecular weight is 181 g/mol. The highest BCUT2D eigenvalue weighted by molar-refractivity contribution is 4.96. The lowest BCUT2D eigenvalue weighted by Crippen LogP contribution is -2.35. The number of aliphatic hydroxyl groups is 1. The zero-order chi connectivity index (χ0) is 9.10. The van der Waals surface area contributed by atoms with E-state index in [0.29, 0.717) is 5.92 Å². The second-order valence-corrected chi connectivity index (χ2v) is 3.70. The maximum Gasteiger partial charge on any atom is 0.0546 e. The highest BCUT2D eigenvalue weighted by Gasteiger charge is 2.26. The van der Waals surface area contributed by atoms with Gasteiger partial charge in [-0.15, -0.1) is 0 Å². The predicted octanol–water partition coefficient (Wildman–Crippen LogP) is 0.270. The molecule has 0 saturated heterocycles. The Labute approximate surface area is 77.4 Å². The van der Waals surface area contributed by atoms with Gasteiger partial charge in [0.1, 0.15) is 0 Å². The van der Waals surface area contributed by atoms with Gasteiger partial charge in [0.25, 0.3) is 0 Å². The Bertz CT molecular complexity index is 241. The number of nitrogens with zero attached hydrogens (tertiary/aromatic N) is 1. The van der Waals surface area contributed by atoms with E-state index >= 15 is 0 Å². The summed E-state index contributed by atoms with van der Waals surface area (Å²) in [6.07, 6.45) is 3.62. The Morgan fingerprint density at radius 2 is 2.46 bits per heavy atom. The first kappa shape index (κ1) is 8.72. The number of aliphatic hydroxyl groups excluding tert-OH is 1. The van der Waals surface area contributed by atoms with Gasteiger partial charge in [0.2, 0.25) is 0 Å². The molecule has 2 rings (SSSR count). The van der Waals surface area contributed by atoms with E-state index in [1.807, 2.05) is 6.07 Å². The van der Waals surface area contributed by atoms with Gasteiger partial charge >= 0.3 is 0 Å². The first-order valence-electron chi connectivity index (χ1n) is 4.71. The zero-order valence-electron chi connectivity index (χ0n) is 7.53. The SMILES string of the molecule is OC1CC(CNCc2ccn[nH]2)C1. The molecule has 0 bridgehead atoms. The van der Waals surface area contributed by atoms with E-state index in [9.17, 15) is 0 Å². The minimum atomic E-state index is -0.0426. The van der Waals surface area contributed by atoms with Crippen molar-refractivity contribution in [2.24, 2.45) is 5.92 Å². The van der Waals surface area contributed by atoms with E-state index in [2.05, 4.69) is 15.5 Å². The van der Waals surface area contributed by atoms with E-state index in [1.165, 1.54) is 0 Å². The second kappa shape index (κ2) is 3.89. The van der Waals surface area contributed by atoms with Gasteiger partial charge < -0.3 is 10.4 Å². The monoisotopic (exact) mass is 181 g/mol. The molecule has 3 N–H and O–H groups in total. The van der Waals surface area contributed by atoms with Crippen LogP contribution in [0.25, 0.3) is 0 Å². The minimum Gasteiger partial charge on any atom is -0.393 e. The number of rotatable bonds is 4. The molecule has 1 aliphatic carbocycles. The normalized spacial score (nSPS) is 27.2. The largest absolute Gasteiger partial charge is 0.393 e. The van der Waals surface area contributed by atoms with E-state index in [0.717, 1.165) is 31.6 Å². The molecule has 0 radical (unpaired) electrons. The van der Waals surface area contributed by atoms with Gasteiger partial charge in [-0.1, -0.05) is 0 Å². The molecule has 0 atom stereocenters. The third-order valence-corrected chi connectivity index (χ3v) is 2.52. The fourth-order valence-electron chi connectivity index (χ4n) is 1.66.